The molecule has 0 saturated carbocycles. The van der Waals surface area contributed by atoms with Crippen molar-refractivity contribution in [2.24, 2.45) is 5.41 Å². The van der Waals surface area contributed by atoms with Crippen molar-refractivity contribution in [2.45, 2.75) is 13.8 Å². The van der Waals surface area contributed by atoms with Crippen molar-refractivity contribution in [3.63, 3.8) is 0 Å². The number of aromatic nitrogens is 1. The Labute approximate surface area is 127 Å². The molecule has 114 valence electrons. The second-order valence-electron chi connectivity index (χ2n) is 6.50. The van der Waals surface area contributed by atoms with Crippen LogP contribution in [0.15, 0.2) is 30.5 Å². The molecular formula is C17H25N3O. The number of nitrogens with zero attached hydrogens (tertiary/aromatic N) is 2. The highest BCUT2D eigenvalue weighted by Crippen LogP contribution is 2.26. The fourth-order valence-electron chi connectivity index (χ4n) is 2.65. The number of hydrogen-bond donors (Lipinski definition) is 1. The molecule has 21 heavy (non-hydrogen) atoms. The summed E-state index contributed by atoms with van der Waals surface area (Å²) in [6.07, 6.45) is 1.84. The summed E-state index contributed by atoms with van der Waals surface area (Å²) in [6.45, 7) is 6.40. The normalized spacial score (nSPS) is 11.9. The number of fused-ring (bicyclic) bond motifs is 1. The van der Waals surface area contributed by atoms with Crippen molar-refractivity contribution in [1.82, 2.24) is 9.88 Å². The van der Waals surface area contributed by atoms with Crippen molar-refractivity contribution in [2.75, 3.05) is 39.6 Å². The summed E-state index contributed by atoms with van der Waals surface area (Å²) in [7, 11) is 5.89. The van der Waals surface area contributed by atoms with Crippen LogP contribution in [0.3, 0.4) is 0 Å². The minimum atomic E-state index is 0.173. The molecule has 0 saturated heterocycles. The molecule has 0 aliphatic carbocycles. The van der Waals surface area contributed by atoms with E-state index in [0.717, 1.165) is 30.0 Å². The first-order chi connectivity index (χ1) is 9.91. The second kappa shape index (κ2) is 6.31. The number of hydrogen-bond acceptors (Lipinski definition) is 4. The van der Waals surface area contributed by atoms with Crippen molar-refractivity contribution in [3.8, 4) is 5.75 Å². The SMILES string of the molecule is COc1ccc2ccnc(NCC(C)(C)CN(C)C)c2c1. The van der Waals surface area contributed by atoms with Crippen LogP contribution in [0.2, 0.25) is 0 Å². The maximum atomic E-state index is 5.31. The van der Waals surface area contributed by atoms with Crippen LogP contribution in [0, 0.1) is 5.41 Å². The molecule has 1 heterocycles. The summed E-state index contributed by atoms with van der Waals surface area (Å²) >= 11 is 0. The molecule has 2 rings (SSSR count). The van der Waals surface area contributed by atoms with Gasteiger partial charge in [-0.15, -0.1) is 0 Å². The van der Waals surface area contributed by atoms with E-state index in [9.17, 15) is 0 Å². The molecule has 0 aliphatic rings. The van der Waals surface area contributed by atoms with E-state index in [2.05, 4.69) is 49.2 Å². The second-order valence-corrected chi connectivity index (χ2v) is 6.50. The summed E-state index contributed by atoms with van der Waals surface area (Å²) in [5.41, 5.74) is 0.173. The van der Waals surface area contributed by atoms with E-state index >= 15 is 0 Å². The molecule has 0 amide bonds. The third kappa shape index (κ3) is 4.08. The van der Waals surface area contributed by atoms with Crippen molar-refractivity contribution >= 4 is 16.6 Å². The molecule has 1 aromatic heterocycles. The van der Waals surface area contributed by atoms with Crippen LogP contribution in [0.4, 0.5) is 5.82 Å². The van der Waals surface area contributed by atoms with Crippen LogP contribution in [-0.4, -0.2) is 44.2 Å². The molecule has 1 N–H and O–H groups in total. The summed E-state index contributed by atoms with van der Waals surface area (Å²) in [5, 5.41) is 5.75. The largest absolute Gasteiger partial charge is 0.497 e. The van der Waals surface area contributed by atoms with Gasteiger partial charge in [-0.25, -0.2) is 4.98 Å². The molecule has 0 radical (unpaired) electrons. The first-order valence-electron chi connectivity index (χ1n) is 7.23. The lowest BCUT2D eigenvalue weighted by atomic mass is 9.93. The Morgan fingerprint density at radius 1 is 1.24 bits per heavy atom. The molecule has 0 atom stereocenters. The number of methoxy groups -OCH3 is 1. The molecule has 0 unspecified atom stereocenters. The zero-order valence-corrected chi connectivity index (χ0v) is 13.6. The number of benzene rings is 1. The van der Waals surface area contributed by atoms with Gasteiger partial charge in [0.15, 0.2) is 0 Å². The first kappa shape index (κ1) is 15.6. The van der Waals surface area contributed by atoms with Gasteiger partial charge < -0.3 is 15.0 Å². The lowest BCUT2D eigenvalue weighted by molar-refractivity contribution is 0.254. The van der Waals surface area contributed by atoms with Gasteiger partial charge in [-0.05, 0) is 43.1 Å². The van der Waals surface area contributed by atoms with E-state index in [4.69, 9.17) is 4.74 Å². The van der Waals surface area contributed by atoms with Gasteiger partial charge in [0.25, 0.3) is 0 Å². The highest BCUT2D eigenvalue weighted by molar-refractivity contribution is 5.92. The zero-order valence-electron chi connectivity index (χ0n) is 13.6. The van der Waals surface area contributed by atoms with E-state index in [0.29, 0.717) is 0 Å². The van der Waals surface area contributed by atoms with Gasteiger partial charge in [-0.3, -0.25) is 0 Å². The van der Waals surface area contributed by atoms with E-state index in [1.165, 1.54) is 5.39 Å². The molecule has 0 fully saturated rings. The topological polar surface area (TPSA) is 37.4 Å². The van der Waals surface area contributed by atoms with Gasteiger partial charge in [0.05, 0.1) is 7.11 Å². The van der Waals surface area contributed by atoms with Gasteiger partial charge in [-0.1, -0.05) is 19.9 Å². The van der Waals surface area contributed by atoms with Crippen LogP contribution < -0.4 is 10.1 Å². The van der Waals surface area contributed by atoms with Crippen molar-refractivity contribution in [1.29, 1.82) is 0 Å². The third-order valence-electron chi connectivity index (χ3n) is 3.45. The van der Waals surface area contributed by atoms with Gasteiger partial charge in [0, 0.05) is 24.7 Å². The lowest BCUT2D eigenvalue weighted by Crippen LogP contribution is -2.34. The summed E-state index contributed by atoms with van der Waals surface area (Å²) in [5.74, 6) is 1.77. The maximum absolute atomic E-state index is 5.31. The maximum Gasteiger partial charge on any atom is 0.133 e. The van der Waals surface area contributed by atoms with Crippen molar-refractivity contribution < 1.29 is 4.74 Å². The van der Waals surface area contributed by atoms with Crippen LogP contribution in [0.5, 0.6) is 5.75 Å². The molecule has 2 aromatic rings. The Morgan fingerprint density at radius 3 is 2.67 bits per heavy atom. The first-order valence-corrected chi connectivity index (χ1v) is 7.23. The lowest BCUT2D eigenvalue weighted by Gasteiger charge is -2.28. The van der Waals surface area contributed by atoms with E-state index in [-0.39, 0.29) is 5.41 Å². The minimum Gasteiger partial charge on any atom is -0.497 e. The fourth-order valence-corrected chi connectivity index (χ4v) is 2.65. The van der Waals surface area contributed by atoms with Crippen molar-refractivity contribution in [3.05, 3.63) is 30.5 Å². The molecule has 0 aliphatic heterocycles. The summed E-state index contributed by atoms with van der Waals surface area (Å²) < 4.78 is 5.31. The summed E-state index contributed by atoms with van der Waals surface area (Å²) in [4.78, 5) is 6.69. The van der Waals surface area contributed by atoms with E-state index in [1.54, 1.807) is 7.11 Å². The molecule has 0 bridgehead atoms. The van der Waals surface area contributed by atoms with Crippen LogP contribution in [0.1, 0.15) is 13.8 Å². The average molecular weight is 287 g/mol. The minimum absolute atomic E-state index is 0.173. The molecule has 4 nitrogen and oxygen atoms in total. The van der Waals surface area contributed by atoms with Gasteiger partial charge in [0.2, 0.25) is 0 Å². The third-order valence-corrected chi connectivity index (χ3v) is 3.45. The predicted octanol–water partition coefficient (Wildman–Crippen LogP) is 3.24. The van der Waals surface area contributed by atoms with Crippen LogP contribution >= 0.6 is 0 Å². The Bertz CT molecular complexity index is 608. The van der Waals surface area contributed by atoms with Gasteiger partial charge >= 0.3 is 0 Å². The summed E-state index contributed by atoms with van der Waals surface area (Å²) in [6, 6.07) is 8.09. The van der Waals surface area contributed by atoms with Crippen LogP contribution in [0.25, 0.3) is 10.8 Å². The Kier molecular flexibility index (Phi) is 4.68. The standard InChI is InChI=1S/C17H25N3O/c1-17(2,12-20(3)4)11-19-16-15-10-14(21-5)7-6-13(15)8-9-18-16/h6-10H,11-12H2,1-5H3,(H,18,19). The van der Waals surface area contributed by atoms with Gasteiger partial charge in [-0.2, -0.15) is 0 Å². The highest BCUT2D eigenvalue weighted by Gasteiger charge is 2.19. The quantitative estimate of drug-likeness (QED) is 0.885. The molecule has 4 heteroatoms. The Hall–Kier alpha value is -1.81. The Balaban J connectivity index is 2.22. The smallest absolute Gasteiger partial charge is 0.133 e. The average Bonchev–Trinajstić information content (AvgIpc) is 2.43. The number of nitrogens with one attached hydrogen (secondary N) is 1. The Morgan fingerprint density at radius 2 is 2.00 bits per heavy atom. The monoisotopic (exact) mass is 287 g/mol. The number of ether oxygens (including phenoxy) is 1. The zero-order chi connectivity index (χ0) is 15.5. The molecule has 0 spiro atoms. The number of pyridine rings is 1. The highest BCUT2D eigenvalue weighted by atomic mass is 16.5. The fraction of sp³-hybridized carbons (Fsp3) is 0.471. The van der Waals surface area contributed by atoms with E-state index in [1.807, 2.05) is 24.4 Å². The molecular weight excluding hydrogens is 262 g/mol. The number of anilines is 1. The van der Waals surface area contributed by atoms with Crippen LogP contribution in [-0.2, 0) is 0 Å². The number of rotatable bonds is 6. The predicted molar refractivity (Wildman–Crippen MR) is 89.1 cm³/mol. The van der Waals surface area contributed by atoms with E-state index < -0.39 is 0 Å². The molecule has 1 aromatic carbocycles. The van der Waals surface area contributed by atoms with Gasteiger partial charge in [0.1, 0.15) is 11.6 Å².